The van der Waals surface area contributed by atoms with Crippen molar-refractivity contribution in [2.24, 2.45) is 0 Å². The Kier molecular flexibility index (Phi) is 5.39. The number of para-hydroxylation sites is 1. The second-order valence-electron chi connectivity index (χ2n) is 6.47. The Labute approximate surface area is 171 Å². The Balaban J connectivity index is 1.36. The van der Waals surface area contributed by atoms with E-state index in [-0.39, 0.29) is 24.8 Å². The lowest BCUT2D eigenvalue weighted by Gasteiger charge is -2.08. The van der Waals surface area contributed by atoms with Gasteiger partial charge in [-0.15, -0.1) is 0 Å². The lowest BCUT2D eigenvalue weighted by Crippen LogP contribution is -2.33. The van der Waals surface area contributed by atoms with E-state index in [1.807, 2.05) is 60.7 Å². The third-order valence-electron chi connectivity index (χ3n) is 4.53. The van der Waals surface area contributed by atoms with Gasteiger partial charge >= 0.3 is 0 Å². The lowest BCUT2D eigenvalue weighted by atomic mass is 10.0. The molecule has 0 saturated heterocycles. The molecule has 7 heteroatoms. The maximum atomic E-state index is 12.3. The number of benzene rings is 3. The molecule has 3 aromatic carbocycles. The zero-order valence-electron chi connectivity index (χ0n) is 15.8. The SMILES string of the molecule is COc1cccc2sc(NC(=O)CNC(=O)Cc3cccc4ccccc34)nc12. The number of hydrogen-bond acceptors (Lipinski definition) is 5. The first kappa shape index (κ1) is 18.9. The number of hydrogen-bond donors (Lipinski definition) is 2. The Morgan fingerprint density at radius 1 is 1.00 bits per heavy atom. The molecule has 0 aliphatic heterocycles. The monoisotopic (exact) mass is 405 g/mol. The van der Waals surface area contributed by atoms with Crippen LogP contribution in [0.2, 0.25) is 0 Å². The zero-order valence-corrected chi connectivity index (χ0v) is 16.6. The fourth-order valence-corrected chi connectivity index (χ4v) is 4.07. The molecule has 0 fully saturated rings. The number of rotatable bonds is 6. The van der Waals surface area contributed by atoms with Crippen LogP contribution in [0.15, 0.2) is 60.7 Å². The van der Waals surface area contributed by atoms with Gasteiger partial charge in [-0.25, -0.2) is 4.98 Å². The molecule has 146 valence electrons. The predicted octanol–water partition coefficient (Wildman–Crippen LogP) is 3.76. The van der Waals surface area contributed by atoms with Gasteiger partial charge in [0, 0.05) is 0 Å². The largest absolute Gasteiger partial charge is 0.494 e. The first-order chi connectivity index (χ1) is 14.1. The molecule has 0 spiro atoms. The minimum Gasteiger partial charge on any atom is -0.494 e. The fraction of sp³-hybridized carbons (Fsp3) is 0.136. The number of thiazole rings is 1. The average Bonchev–Trinajstić information content (AvgIpc) is 3.15. The fourth-order valence-electron chi connectivity index (χ4n) is 3.17. The van der Waals surface area contributed by atoms with Crippen LogP contribution >= 0.6 is 11.3 Å². The van der Waals surface area contributed by atoms with Crippen molar-refractivity contribution >= 4 is 49.3 Å². The number of amides is 2. The number of carbonyl (C=O) groups excluding carboxylic acids is 2. The number of fused-ring (bicyclic) bond motifs is 2. The van der Waals surface area contributed by atoms with Gasteiger partial charge in [0.1, 0.15) is 11.3 Å². The van der Waals surface area contributed by atoms with Crippen molar-refractivity contribution in [3.05, 3.63) is 66.2 Å². The zero-order chi connectivity index (χ0) is 20.2. The summed E-state index contributed by atoms with van der Waals surface area (Å²) in [6, 6.07) is 19.4. The van der Waals surface area contributed by atoms with Gasteiger partial charge in [0.15, 0.2) is 5.13 Å². The van der Waals surface area contributed by atoms with Crippen molar-refractivity contribution in [1.82, 2.24) is 10.3 Å². The van der Waals surface area contributed by atoms with E-state index < -0.39 is 0 Å². The Bertz CT molecular complexity index is 1200. The molecule has 4 aromatic rings. The van der Waals surface area contributed by atoms with E-state index >= 15 is 0 Å². The van der Waals surface area contributed by atoms with Gasteiger partial charge in [-0.3, -0.25) is 9.59 Å². The maximum absolute atomic E-state index is 12.3. The molecular weight excluding hydrogens is 386 g/mol. The molecule has 2 N–H and O–H groups in total. The second kappa shape index (κ2) is 8.28. The molecule has 6 nitrogen and oxygen atoms in total. The lowest BCUT2D eigenvalue weighted by molar-refractivity contribution is -0.123. The average molecular weight is 405 g/mol. The summed E-state index contributed by atoms with van der Waals surface area (Å²) in [4.78, 5) is 28.9. The first-order valence-corrected chi connectivity index (χ1v) is 9.92. The van der Waals surface area contributed by atoms with Crippen LogP contribution in [-0.4, -0.2) is 30.5 Å². The highest BCUT2D eigenvalue weighted by molar-refractivity contribution is 7.22. The van der Waals surface area contributed by atoms with E-state index in [0.717, 1.165) is 21.0 Å². The topological polar surface area (TPSA) is 80.3 Å². The third-order valence-corrected chi connectivity index (χ3v) is 5.46. The number of nitrogens with one attached hydrogen (secondary N) is 2. The maximum Gasteiger partial charge on any atom is 0.245 e. The van der Waals surface area contributed by atoms with Gasteiger partial charge in [0.25, 0.3) is 0 Å². The van der Waals surface area contributed by atoms with E-state index in [4.69, 9.17) is 4.74 Å². The smallest absolute Gasteiger partial charge is 0.245 e. The minimum absolute atomic E-state index is 0.114. The van der Waals surface area contributed by atoms with Crippen LogP contribution in [0.5, 0.6) is 5.75 Å². The number of aromatic nitrogens is 1. The van der Waals surface area contributed by atoms with Crippen LogP contribution in [-0.2, 0) is 16.0 Å². The molecule has 0 aliphatic carbocycles. The summed E-state index contributed by atoms with van der Waals surface area (Å²) < 4.78 is 6.20. The van der Waals surface area contributed by atoms with Crippen molar-refractivity contribution in [3.63, 3.8) is 0 Å². The summed E-state index contributed by atoms with van der Waals surface area (Å²) in [5.41, 5.74) is 1.63. The van der Waals surface area contributed by atoms with Crippen LogP contribution in [0.25, 0.3) is 21.0 Å². The van der Waals surface area contributed by atoms with Crippen molar-refractivity contribution in [2.45, 2.75) is 6.42 Å². The van der Waals surface area contributed by atoms with Crippen LogP contribution in [0.3, 0.4) is 0 Å². The van der Waals surface area contributed by atoms with Gasteiger partial charge < -0.3 is 15.4 Å². The summed E-state index contributed by atoms with van der Waals surface area (Å²) in [6.07, 6.45) is 0.215. The number of carbonyl (C=O) groups is 2. The standard InChI is InChI=1S/C22H19N3O3S/c1-28-17-10-5-11-18-21(17)25-22(29-18)24-20(27)13-23-19(26)12-15-8-4-7-14-6-2-3-9-16(14)15/h2-11H,12-13H2,1H3,(H,23,26)(H,24,25,27). The molecule has 4 rings (SSSR count). The molecule has 2 amide bonds. The first-order valence-electron chi connectivity index (χ1n) is 9.11. The van der Waals surface area contributed by atoms with Crippen LogP contribution < -0.4 is 15.4 Å². The van der Waals surface area contributed by atoms with E-state index in [2.05, 4.69) is 15.6 Å². The van der Waals surface area contributed by atoms with Gasteiger partial charge in [0.2, 0.25) is 11.8 Å². The molecule has 29 heavy (non-hydrogen) atoms. The Morgan fingerprint density at radius 3 is 2.66 bits per heavy atom. The highest BCUT2D eigenvalue weighted by Gasteiger charge is 2.12. The predicted molar refractivity (Wildman–Crippen MR) is 115 cm³/mol. The van der Waals surface area contributed by atoms with Gasteiger partial charge in [0.05, 0.1) is 24.8 Å². The van der Waals surface area contributed by atoms with Crippen LogP contribution in [0, 0.1) is 0 Å². The second-order valence-corrected chi connectivity index (χ2v) is 7.50. The molecule has 0 bridgehead atoms. The van der Waals surface area contributed by atoms with E-state index in [0.29, 0.717) is 16.4 Å². The van der Waals surface area contributed by atoms with Gasteiger partial charge in [-0.2, -0.15) is 0 Å². The highest BCUT2D eigenvalue weighted by Crippen LogP contribution is 2.31. The number of nitrogens with zero attached hydrogens (tertiary/aromatic N) is 1. The summed E-state index contributed by atoms with van der Waals surface area (Å²) in [6.45, 7) is -0.114. The molecule has 0 radical (unpaired) electrons. The number of ether oxygens (including phenoxy) is 1. The summed E-state index contributed by atoms with van der Waals surface area (Å²) in [5.74, 6) is 0.124. The van der Waals surface area contributed by atoms with Crippen molar-refractivity contribution in [2.75, 3.05) is 19.0 Å². The Morgan fingerprint density at radius 2 is 1.79 bits per heavy atom. The van der Waals surface area contributed by atoms with Gasteiger partial charge in [-0.05, 0) is 28.5 Å². The molecule has 1 heterocycles. The van der Waals surface area contributed by atoms with Crippen molar-refractivity contribution in [3.8, 4) is 5.75 Å². The number of methoxy groups -OCH3 is 1. The molecule has 0 unspecified atom stereocenters. The quantitative estimate of drug-likeness (QED) is 0.512. The summed E-state index contributed by atoms with van der Waals surface area (Å²) >= 11 is 1.36. The van der Waals surface area contributed by atoms with Crippen LogP contribution in [0.1, 0.15) is 5.56 Å². The molecular formula is C22H19N3O3S. The minimum atomic E-state index is -0.325. The van der Waals surface area contributed by atoms with Crippen molar-refractivity contribution in [1.29, 1.82) is 0 Å². The number of anilines is 1. The van der Waals surface area contributed by atoms with E-state index in [9.17, 15) is 9.59 Å². The summed E-state index contributed by atoms with van der Waals surface area (Å²) in [7, 11) is 1.58. The molecule has 0 atom stereocenters. The molecule has 0 aliphatic rings. The van der Waals surface area contributed by atoms with Crippen molar-refractivity contribution < 1.29 is 14.3 Å². The van der Waals surface area contributed by atoms with E-state index in [1.165, 1.54) is 11.3 Å². The van der Waals surface area contributed by atoms with Gasteiger partial charge in [-0.1, -0.05) is 59.9 Å². The van der Waals surface area contributed by atoms with Crippen LogP contribution in [0.4, 0.5) is 5.13 Å². The summed E-state index contributed by atoms with van der Waals surface area (Å²) in [5, 5.41) is 8.00. The third kappa shape index (κ3) is 4.20. The molecule has 0 saturated carbocycles. The molecule has 1 aromatic heterocycles. The normalized spacial score (nSPS) is 10.8. The Hall–Kier alpha value is -3.45. The van der Waals surface area contributed by atoms with E-state index in [1.54, 1.807) is 7.11 Å². The highest BCUT2D eigenvalue weighted by atomic mass is 32.1.